The molecule has 152 valence electrons. The SMILES string of the molecule is [C-]#[N+]c1cc(NC(C)=O)c2c(c1)N(S(=O)(=O)c1cccc3c(=O)[nH]cc(Cl)c13)CC2. The lowest BCUT2D eigenvalue weighted by molar-refractivity contribution is -0.114. The average Bonchev–Trinajstić information content (AvgIpc) is 3.15. The van der Waals surface area contributed by atoms with Crippen LogP contribution in [0.4, 0.5) is 17.1 Å². The first-order valence-electron chi connectivity index (χ1n) is 8.88. The van der Waals surface area contributed by atoms with Crippen molar-refractivity contribution in [2.24, 2.45) is 0 Å². The number of rotatable bonds is 3. The summed E-state index contributed by atoms with van der Waals surface area (Å²) in [5, 5.41) is 3.08. The summed E-state index contributed by atoms with van der Waals surface area (Å²) >= 11 is 6.24. The van der Waals surface area contributed by atoms with Crippen molar-refractivity contribution in [3.63, 3.8) is 0 Å². The molecule has 10 heteroatoms. The number of nitrogens with one attached hydrogen (secondary N) is 2. The lowest BCUT2D eigenvalue weighted by Crippen LogP contribution is -2.29. The van der Waals surface area contributed by atoms with Crippen LogP contribution < -0.4 is 15.2 Å². The number of aromatic amines is 1. The predicted octanol–water partition coefficient (Wildman–Crippen LogP) is 3.44. The van der Waals surface area contributed by atoms with Crippen molar-refractivity contribution in [3.05, 3.63) is 68.9 Å². The number of aromatic nitrogens is 1. The quantitative estimate of drug-likeness (QED) is 0.606. The van der Waals surface area contributed by atoms with Crippen LogP contribution in [-0.4, -0.2) is 25.9 Å². The van der Waals surface area contributed by atoms with Crippen molar-refractivity contribution in [2.75, 3.05) is 16.2 Å². The Balaban J connectivity index is 1.94. The number of benzene rings is 2. The number of halogens is 1. The van der Waals surface area contributed by atoms with Crippen molar-refractivity contribution in [3.8, 4) is 0 Å². The molecule has 0 spiro atoms. The predicted molar refractivity (Wildman–Crippen MR) is 115 cm³/mol. The first kappa shape index (κ1) is 19.9. The van der Waals surface area contributed by atoms with Crippen LogP contribution in [0.15, 0.2) is 46.2 Å². The van der Waals surface area contributed by atoms with Gasteiger partial charge in [-0.25, -0.2) is 13.3 Å². The van der Waals surface area contributed by atoms with Crippen molar-refractivity contribution in [1.82, 2.24) is 4.98 Å². The molecule has 30 heavy (non-hydrogen) atoms. The number of carbonyl (C=O) groups is 1. The minimum Gasteiger partial charge on any atom is -0.327 e. The first-order chi connectivity index (χ1) is 14.2. The molecule has 2 N–H and O–H groups in total. The number of nitrogens with zero attached hydrogens (tertiary/aromatic N) is 2. The van der Waals surface area contributed by atoms with Crippen molar-refractivity contribution >= 4 is 55.4 Å². The summed E-state index contributed by atoms with van der Waals surface area (Å²) in [6.07, 6.45) is 1.62. The molecule has 0 unspecified atom stereocenters. The Kier molecular flexibility index (Phi) is 4.76. The van der Waals surface area contributed by atoms with E-state index in [1.54, 1.807) is 0 Å². The molecule has 0 bridgehead atoms. The van der Waals surface area contributed by atoms with E-state index in [-0.39, 0.29) is 38.8 Å². The Morgan fingerprint density at radius 1 is 1.33 bits per heavy atom. The number of sulfonamides is 1. The third-order valence-electron chi connectivity index (χ3n) is 4.89. The molecule has 8 nitrogen and oxygen atoms in total. The summed E-state index contributed by atoms with van der Waals surface area (Å²) in [7, 11) is -4.11. The fourth-order valence-corrected chi connectivity index (χ4v) is 5.69. The highest BCUT2D eigenvalue weighted by atomic mass is 35.5. The van der Waals surface area contributed by atoms with Crippen LogP contribution in [-0.2, 0) is 21.2 Å². The molecule has 0 radical (unpaired) electrons. The van der Waals surface area contributed by atoms with Crippen LogP contribution in [0.3, 0.4) is 0 Å². The molecule has 1 aliphatic heterocycles. The molecule has 4 rings (SSSR count). The van der Waals surface area contributed by atoms with Crippen LogP contribution in [0.25, 0.3) is 15.6 Å². The van der Waals surface area contributed by atoms with Gasteiger partial charge in [0.15, 0.2) is 5.69 Å². The second kappa shape index (κ2) is 7.16. The van der Waals surface area contributed by atoms with E-state index in [1.165, 1.54) is 47.8 Å². The highest BCUT2D eigenvalue weighted by Crippen LogP contribution is 2.41. The van der Waals surface area contributed by atoms with Crippen LogP contribution in [0.1, 0.15) is 12.5 Å². The molecule has 0 saturated carbocycles. The fraction of sp³-hybridized carbons (Fsp3) is 0.150. The zero-order valence-electron chi connectivity index (χ0n) is 15.7. The van der Waals surface area contributed by atoms with Gasteiger partial charge in [0, 0.05) is 41.8 Å². The Bertz CT molecular complexity index is 1420. The van der Waals surface area contributed by atoms with Gasteiger partial charge < -0.3 is 10.3 Å². The Morgan fingerprint density at radius 2 is 2.10 bits per heavy atom. The zero-order valence-corrected chi connectivity index (χ0v) is 17.3. The number of fused-ring (bicyclic) bond motifs is 2. The number of pyridine rings is 1. The van der Waals surface area contributed by atoms with E-state index in [0.29, 0.717) is 23.4 Å². The summed E-state index contributed by atoms with van der Waals surface area (Å²) in [6, 6.07) is 7.39. The molecular formula is C20H15ClN4O4S. The first-order valence-corrected chi connectivity index (χ1v) is 10.7. The van der Waals surface area contributed by atoms with E-state index in [1.807, 2.05) is 0 Å². The molecule has 0 saturated heterocycles. The average molecular weight is 443 g/mol. The van der Waals surface area contributed by atoms with Crippen molar-refractivity contribution in [1.29, 1.82) is 0 Å². The van der Waals surface area contributed by atoms with Crippen LogP contribution in [0.5, 0.6) is 0 Å². The van der Waals surface area contributed by atoms with Gasteiger partial charge in [-0.05, 0) is 36.2 Å². The molecule has 3 aromatic rings. The Hall–Kier alpha value is -3.35. The van der Waals surface area contributed by atoms with E-state index in [9.17, 15) is 18.0 Å². The third kappa shape index (κ3) is 3.10. The number of amides is 1. The van der Waals surface area contributed by atoms with E-state index in [0.717, 1.165) is 0 Å². The van der Waals surface area contributed by atoms with Gasteiger partial charge in [-0.15, -0.1) is 0 Å². The summed E-state index contributed by atoms with van der Waals surface area (Å²) in [4.78, 5) is 29.5. The molecule has 0 fully saturated rings. The third-order valence-corrected chi connectivity index (χ3v) is 7.05. The normalized spacial score (nSPS) is 13.2. The summed E-state index contributed by atoms with van der Waals surface area (Å²) in [5.41, 5.74) is 1.12. The van der Waals surface area contributed by atoms with Crippen molar-refractivity contribution in [2.45, 2.75) is 18.2 Å². The molecule has 0 atom stereocenters. The van der Waals surface area contributed by atoms with Crippen LogP contribution >= 0.6 is 11.6 Å². The van der Waals surface area contributed by atoms with Crippen LogP contribution in [0, 0.1) is 6.57 Å². The minimum atomic E-state index is -4.11. The summed E-state index contributed by atoms with van der Waals surface area (Å²) < 4.78 is 28.4. The maximum atomic E-state index is 13.6. The van der Waals surface area contributed by atoms with Crippen molar-refractivity contribution < 1.29 is 13.2 Å². The number of hydrogen-bond donors (Lipinski definition) is 2. The number of hydrogen-bond acceptors (Lipinski definition) is 4. The van der Waals surface area contributed by atoms with Gasteiger partial charge in [0.05, 0.1) is 16.5 Å². The molecule has 1 aliphatic rings. The van der Waals surface area contributed by atoms with Crippen LogP contribution in [0.2, 0.25) is 5.02 Å². The second-order valence-electron chi connectivity index (χ2n) is 6.76. The van der Waals surface area contributed by atoms with Gasteiger partial charge in [0.2, 0.25) is 5.91 Å². The maximum Gasteiger partial charge on any atom is 0.264 e. The molecule has 2 aromatic carbocycles. The molecule has 0 aliphatic carbocycles. The second-order valence-corrected chi connectivity index (χ2v) is 8.99. The Morgan fingerprint density at radius 3 is 2.80 bits per heavy atom. The monoisotopic (exact) mass is 442 g/mol. The highest BCUT2D eigenvalue weighted by molar-refractivity contribution is 7.93. The molecule has 1 aromatic heterocycles. The Labute approximate surface area is 177 Å². The standard InChI is InChI=1S/C20H15ClN4O4S/c1-11(26)24-16-8-12(22-2)9-17-13(16)6-7-25(17)30(28,29)18-5-3-4-14-19(18)15(21)10-23-20(14)27/h3-5,8-10H,6-7H2,1H3,(H,23,27)(H,24,26). The lowest BCUT2D eigenvalue weighted by atomic mass is 10.1. The van der Waals surface area contributed by atoms with Gasteiger partial charge in [-0.1, -0.05) is 17.7 Å². The molecule has 2 heterocycles. The van der Waals surface area contributed by atoms with E-state index in [2.05, 4.69) is 15.1 Å². The zero-order chi connectivity index (χ0) is 21.6. The molecule has 1 amide bonds. The fourth-order valence-electron chi connectivity index (χ4n) is 3.66. The number of carbonyl (C=O) groups excluding carboxylic acids is 1. The summed E-state index contributed by atoms with van der Waals surface area (Å²) in [5.74, 6) is -0.319. The molecular weight excluding hydrogens is 428 g/mol. The van der Waals surface area contributed by atoms with Gasteiger partial charge in [-0.3, -0.25) is 13.9 Å². The smallest absolute Gasteiger partial charge is 0.264 e. The van der Waals surface area contributed by atoms with Gasteiger partial charge in [-0.2, -0.15) is 0 Å². The van der Waals surface area contributed by atoms with Gasteiger partial charge in [0.25, 0.3) is 15.6 Å². The van der Waals surface area contributed by atoms with E-state index >= 15 is 0 Å². The minimum absolute atomic E-state index is 0.0988. The largest absolute Gasteiger partial charge is 0.327 e. The lowest BCUT2D eigenvalue weighted by Gasteiger charge is -2.21. The van der Waals surface area contributed by atoms with E-state index in [4.69, 9.17) is 18.2 Å². The number of H-pyrrole nitrogens is 1. The maximum absolute atomic E-state index is 13.6. The van der Waals surface area contributed by atoms with Gasteiger partial charge in [0.1, 0.15) is 0 Å². The number of anilines is 2. The highest BCUT2D eigenvalue weighted by Gasteiger charge is 2.34. The topological polar surface area (TPSA) is 104 Å². The summed E-state index contributed by atoms with van der Waals surface area (Å²) in [6.45, 7) is 8.79. The van der Waals surface area contributed by atoms with E-state index < -0.39 is 15.6 Å². The van der Waals surface area contributed by atoms with Gasteiger partial charge >= 0.3 is 0 Å².